The highest BCUT2D eigenvalue weighted by molar-refractivity contribution is 6.35. The smallest absolute Gasteiger partial charge is 0.000740 e. The SMILES string of the molecule is CCc1ccc2c(-c3ccccc3)c3c(c(-c4ccccc4)c2c1)-c1ccc2c4c(ccc-3c14)-c1c-2c(-c2ccccc2)c2ccccc2c1-c1ccccc1. The summed E-state index contributed by atoms with van der Waals surface area (Å²) in [7, 11) is 0. The fourth-order valence-electron chi connectivity index (χ4n) is 10.2. The predicted octanol–water partition coefficient (Wildman–Crippen LogP) is 15.7. The predicted molar refractivity (Wildman–Crippen MR) is 239 cm³/mol. The number of benzene rings is 10. The van der Waals surface area contributed by atoms with Gasteiger partial charge in [-0.15, -0.1) is 0 Å². The number of hydrogen-bond donors (Lipinski definition) is 0. The van der Waals surface area contributed by atoms with Crippen LogP contribution in [0.5, 0.6) is 0 Å². The summed E-state index contributed by atoms with van der Waals surface area (Å²) >= 11 is 0. The van der Waals surface area contributed by atoms with Crippen LogP contribution >= 0.6 is 0 Å². The Kier molecular flexibility index (Phi) is 6.71. The average molecular weight is 709 g/mol. The highest BCUT2D eigenvalue weighted by Crippen LogP contribution is 2.64. The van der Waals surface area contributed by atoms with Crippen LogP contribution < -0.4 is 0 Å². The first-order chi connectivity index (χ1) is 27.8. The minimum Gasteiger partial charge on any atom is -0.0622 e. The molecule has 0 heterocycles. The van der Waals surface area contributed by atoms with Gasteiger partial charge in [0.1, 0.15) is 0 Å². The molecule has 2 aliphatic carbocycles. The molecule has 10 aromatic rings. The lowest BCUT2D eigenvalue weighted by atomic mass is 9.81. The van der Waals surface area contributed by atoms with E-state index >= 15 is 0 Å². The van der Waals surface area contributed by atoms with E-state index in [1.807, 2.05) is 0 Å². The quantitative estimate of drug-likeness (QED) is 0.167. The first-order valence-corrected chi connectivity index (χ1v) is 19.8. The van der Waals surface area contributed by atoms with Crippen molar-refractivity contribution >= 4 is 32.3 Å². The Bertz CT molecular complexity index is 3140. The van der Waals surface area contributed by atoms with Crippen molar-refractivity contribution in [1.82, 2.24) is 0 Å². The second kappa shape index (κ2) is 12.0. The Morgan fingerprint density at radius 1 is 0.268 bits per heavy atom. The molecule has 0 heteroatoms. The van der Waals surface area contributed by atoms with Crippen LogP contribution in [0.4, 0.5) is 0 Å². The highest BCUT2D eigenvalue weighted by atomic mass is 14.4. The van der Waals surface area contributed by atoms with Crippen LogP contribution in [0.3, 0.4) is 0 Å². The van der Waals surface area contributed by atoms with Gasteiger partial charge >= 0.3 is 0 Å². The van der Waals surface area contributed by atoms with Crippen LogP contribution in [-0.2, 0) is 6.42 Å². The van der Waals surface area contributed by atoms with Crippen molar-refractivity contribution in [3.8, 4) is 89.0 Å². The van der Waals surface area contributed by atoms with E-state index in [4.69, 9.17) is 0 Å². The third-order valence-corrected chi connectivity index (χ3v) is 12.5. The molecule has 0 amide bonds. The van der Waals surface area contributed by atoms with Gasteiger partial charge in [0.2, 0.25) is 0 Å². The molecule has 0 aromatic heterocycles. The van der Waals surface area contributed by atoms with Crippen molar-refractivity contribution in [2.24, 2.45) is 0 Å². The van der Waals surface area contributed by atoms with E-state index in [1.54, 1.807) is 0 Å². The second-order valence-corrected chi connectivity index (χ2v) is 15.3. The van der Waals surface area contributed by atoms with Gasteiger partial charge in [0.25, 0.3) is 0 Å². The molecule has 0 bridgehead atoms. The van der Waals surface area contributed by atoms with Crippen LogP contribution in [-0.4, -0.2) is 0 Å². The van der Waals surface area contributed by atoms with E-state index in [9.17, 15) is 0 Å². The van der Waals surface area contributed by atoms with Gasteiger partial charge in [-0.1, -0.05) is 195 Å². The Morgan fingerprint density at radius 2 is 0.571 bits per heavy atom. The summed E-state index contributed by atoms with van der Waals surface area (Å²) in [5.74, 6) is 0. The molecule has 0 saturated heterocycles. The van der Waals surface area contributed by atoms with Gasteiger partial charge in [-0.25, -0.2) is 0 Å². The lowest BCUT2D eigenvalue weighted by Crippen LogP contribution is -1.95. The zero-order chi connectivity index (χ0) is 36.9. The summed E-state index contributed by atoms with van der Waals surface area (Å²) in [4.78, 5) is 0. The Balaban J connectivity index is 1.28. The van der Waals surface area contributed by atoms with Gasteiger partial charge in [0.05, 0.1) is 0 Å². The number of fused-ring (bicyclic) bond motifs is 8. The molecular formula is C56H36. The lowest BCUT2D eigenvalue weighted by molar-refractivity contribution is 1.15. The number of hydrogen-bond acceptors (Lipinski definition) is 0. The van der Waals surface area contributed by atoms with Crippen molar-refractivity contribution in [3.05, 3.63) is 194 Å². The van der Waals surface area contributed by atoms with Gasteiger partial charge < -0.3 is 0 Å². The van der Waals surface area contributed by atoms with E-state index in [1.165, 1.54) is 127 Å². The minimum atomic E-state index is 0.991. The Hall–Kier alpha value is -7.02. The van der Waals surface area contributed by atoms with E-state index < -0.39 is 0 Å². The molecule has 2 aliphatic rings. The van der Waals surface area contributed by atoms with Gasteiger partial charge in [0, 0.05) is 0 Å². The van der Waals surface area contributed by atoms with E-state index in [-0.39, 0.29) is 0 Å². The Labute approximate surface area is 327 Å². The zero-order valence-corrected chi connectivity index (χ0v) is 31.1. The summed E-state index contributed by atoms with van der Waals surface area (Å²) in [6.45, 7) is 2.26. The molecule has 0 N–H and O–H groups in total. The fraction of sp³-hybridized carbons (Fsp3) is 0.0357. The molecule has 0 atom stereocenters. The van der Waals surface area contributed by atoms with Gasteiger partial charge in [-0.05, 0) is 133 Å². The van der Waals surface area contributed by atoms with Crippen LogP contribution in [0.15, 0.2) is 188 Å². The summed E-state index contributed by atoms with van der Waals surface area (Å²) in [6.07, 6.45) is 0.991. The fourth-order valence-corrected chi connectivity index (χ4v) is 10.2. The van der Waals surface area contributed by atoms with E-state index in [0.29, 0.717) is 0 Å². The second-order valence-electron chi connectivity index (χ2n) is 15.3. The largest absolute Gasteiger partial charge is 0.0622 e. The van der Waals surface area contributed by atoms with Gasteiger partial charge in [-0.3, -0.25) is 0 Å². The maximum absolute atomic E-state index is 2.46. The molecule has 260 valence electrons. The molecule has 0 spiro atoms. The first kappa shape index (κ1) is 31.3. The molecule has 10 aromatic carbocycles. The van der Waals surface area contributed by atoms with Crippen LogP contribution in [0, 0.1) is 0 Å². The van der Waals surface area contributed by atoms with Gasteiger partial charge in [0.15, 0.2) is 0 Å². The van der Waals surface area contributed by atoms with Crippen LogP contribution in [0.2, 0.25) is 0 Å². The molecule has 56 heavy (non-hydrogen) atoms. The third-order valence-electron chi connectivity index (χ3n) is 12.5. The summed E-state index contributed by atoms with van der Waals surface area (Å²) < 4.78 is 0. The van der Waals surface area contributed by atoms with Crippen LogP contribution in [0.1, 0.15) is 12.5 Å². The monoisotopic (exact) mass is 708 g/mol. The first-order valence-electron chi connectivity index (χ1n) is 19.8. The average Bonchev–Trinajstić information content (AvgIpc) is 3.78. The van der Waals surface area contributed by atoms with E-state index in [0.717, 1.165) is 6.42 Å². The summed E-state index contributed by atoms with van der Waals surface area (Å²) in [5.41, 5.74) is 22.3. The maximum Gasteiger partial charge on any atom is -0.000740 e. The van der Waals surface area contributed by atoms with Crippen molar-refractivity contribution in [2.75, 3.05) is 0 Å². The molecular weight excluding hydrogens is 673 g/mol. The Morgan fingerprint density at radius 3 is 0.911 bits per heavy atom. The number of aryl methyl sites for hydroxylation is 1. The van der Waals surface area contributed by atoms with Crippen molar-refractivity contribution < 1.29 is 0 Å². The maximum atomic E-state index is 2.46. The summed E-state index contributed by atoms with van der Waals surface area (Å²) in [5, 5.41) is 7.94. The molecule has 0 aliphatic heterocycles. The zero-order valence-electron chi connectivity index (χ0n) is 31.1. The third kappa shape index (κ3) is 4.24. The topological polar surface area (TPSA) is 0 Å². The highest BCUT2D eigenvalue weighted by Gasteiger charge is 2.37. The molecule has 0 radical (unpaired) electrons. The van der Waals surface area contributed by atoms with Gasteiger partial charge in [-0.2, -0.15) is 0 Å². The summed E-state index contributed by atoms with van der Waals surface area (Å²) in [6, 6.07) is 70.3. The standard InChI is InChI=1S/C56H36/c1-2-34-27-28-41-46(33-34)50(38-23-13-6-14-24-38)56-45-32-31-43-51-42(29-30-44(52(45)51)55(56)49(41)37-21-11-5-12-22-37)53-47(35-17-7-3-8-18-35)39-25-15-16-26-40(39)48(54(43)53)36-19-9-4-10-20-36/h3-33H,2H2,1H3. The molecule has 0 saturated carbocycles. The minimum absolute atomic E-state index is 0.991. The normalized spacial score (nSPS) is 12.1. The number of rotatable bonds is 5. The van der Waals surface area contributed by atoms with E-state index in [2.05, 4.69) is 195 Å². The molecule has 0 fully saturated rings. The van der Waals surface area contributed by atoms with Crippen molar-refractivity contribution in [2.45, 2.75) is 13.3 Å². The molecule has 0 unspecified atom stereocenters. The van der Waals surface area contributed by atoms with Crippen LogP contribution in [0.25, 0.3) is 121 Å². The lowest BCUT2D eigenvalue weighted by Gasteiger charge is -2.21. The molecule has 0 nitrogen and oxygen atoms in total. The van der Waals surface area contributed by atoms with Crippen molar-refractivity contribution in [1.29, 1.82) is 0 Å². The van der Waals surface area contributed by atoms with Crippen molar-refractivity contribution in [3.63, 3.8) is 0 Å². The molecule has 12 rings (SSSR count).